The molecule has 2 aromatic heterocycles. The predicted octanol–water partition coefficient (Wildman–Crippen LogP) is 3.91. The van der Waals surface area contributed by atoms with Gasteiger partial charge in [-0.05, 0) is 24.3 Å². The summed E-state index contributed by atoms with van der Waals surface area (Å²) in [6.45, 7) is 0.197. The Labute approximate surface area is 158 Å². The molecule has 134 valence electrons. The van der Waals surface area contributed by atoms with Crippen molar-refractivity contribution in [3.05, 3.63) is 64.0 Å². The molecule has 0 saturated carbocycles. The van der Waals surface area contributed by atoms with Crippen molar-refractivity contribution in [2.45, 2.75) is 0 Å². The molecule has 9 heteroatoms. The second-order valence-corrected chi connectivity index (χ2v) is 6.09. The quantitative estimate of drug-likeness (QED) is 0.336. The molecule has 7 nitrogen and oxygen atoms in total. The molecule has 3 aromatic rings. The van der Waals surface area contributed by atoms with Gasteiger partial charge in [-0.1, -0.05) is 34.4 Å². The van der Waals surface area contributed by atoms with E-state index in [9.17, 15) is 4.79 Å². The first kappa shape index (κ1) is 18.0. The molecule has 1 amide bonds. The maximum atomic E-state index is 10.5. The molecule has 0 spiro atoms. The van der Waals surface area contributed by atoms with Crippen LogP contribution in [0.2, 0.25) is 10.0 Å². The Morgan fingerprint density at radius 2 is 2.12 bits per heavy atom. The van der Waals surface area contributed by atoms with E-state index in [0.29, 0.717) is 27.0 Å². The van der Waals surface area contributed by atoms with Crippen LogP contribution in [0.3, 0.4) is 0 Å². The lowest BCUT2D eigenvalue weighted by Gasteiger charge is -2.07. The van der Waals surface area contributed by atoms with E-state index in [1.165, 1.54) is 0 Å². The number of halogens is 2. The molecule has 3 rings (SSSR count). The van der Waals surface area contributed by atoms with Gasteiger partial charge in [-0.15, -0.1) is 0 Å². The number of rotatable bonds is 6. The largest absolute Gasteiger partial charge is 0.465 e. The normalized spacial score (nSPS) is 11.5. The van der Waals surface area contributed by atoms with Crippen LogP contribution in [0.1, 0.15) is 11.3 Å². The number of hydrogen-bond donors (Lipinski definition) is 3. The minimum Gasteiger partial charge on any atom is -0.465 e. The summed E-state index contributed by atoms with van der Waals surface area (Å²) >= 11 is 12.1. The maximum absolute atomic E-state index is 10.5. The number of nitrogens with one attached hydrogen (secondary N) is 2. The number of aromatic amines is 1. The molecule has 0 aliphatic rings. The van der Waals surface area contributed by atoms with E-state index in [0.717, 1.165) is 10.9 Å². The van der Waals surface area contributed by atoms with Gasteiger partial charge in [0.25, 0.3) is 0 Å². The van der Waals surface area contributed by atoms with E-state index in [-0.39, 0.29) is 13.2 Å². The SMILES string of the molecule is O=C(O)NCCO/N=C(\c1ccc(Cl)c(Cl)c1)c1cc2ccncc2[nH]1. The van der Waals surface area contributed by atoms with Crippen molar-refractivity contribution in [3.63, 3.8) is 0 Å². The van der Waals surface area contributed by atoms with Crippen LogP contribution >= 0.6 is 23.2 Å². The van der Waals surface area contributed by atoms with Gasteiger partial charge in [-0.3, -0.25) is 4.98 Å². The number of oxime groups is 1. The molecule has 0 unspecified atom stereocenters. The smallest absolute Gasteiger partial charge is 0.404 e. The molecule has 0 atom stereocenters. The summed E-state index contributed by atoms with van der Waals surface area (Å²) in [6.07, 6.45) is 2.29. The molecule has 3 N–H and O–H groups in total. The summed E-state index contributed by atoms with van der Waals surface area (Å²) in [5.41, 5.74) is 2.76. The van der Waals surface area contributed by atoms with Crippen LogP contribution in [-0.2, 0) is 4.84 Å². The van der Waals surface area contributed by atoms with Crippen molar-refractivity contribution >= 4 is 45.9 Å². The van der Waals surface area contributed by atoms with Crippen LogP contribution in [0.4, 0.5) is 4.79 Å². The average Bonchev–Trinajstić information content (AvgIpc) is 3.04. The van der Waals surface area contributed by atoms with Crippen LogP contribution in [0, 0.1) is 0 Å². The van der Waals surface area contributed by atoms with Crippen molar-refractivity contribution in [1.82, 2.24) is 15.3 Å². The first-order valence-electron chi connectivity index (χ1n) is 7.60. The molecule has 0 saturated heterocycles. The fourth-order valence-corrected chi connectivity index (χ4v) is 2.61. The third kappa shape index (κ3) is 4.25. The molecule has 1 aromatic carbocycles. The van der Waals surface area contributed by atoms with Crippen molar-refractivity contribution in [2.75, 3.05) is 13.2 Å². The highest BCUT2D eigenvalue weighted by atomic mass is 35.5. The van der Waals surface area contributed by atoms with E-state index in [1.807, 2.05) is 12.1 Å². The third-order valence-corrected chi connectivity index (χ3v) is 4.24. The second-order valence-electron chi connectivity index (χ2n) is 5.28. The summed E-state index contributed by atoms with van der Waals surface area (Å²) in [5, 5.41) is 16.7. The lowest BCUT2D eigenvalue weighted by atomic mass is 10.1. The van der Waals surface area contributed by atoms with Gasteiger partial charge >= 0.3 is 6.09 Å². The number of pyridine rings is 1. The number of H-pyrrole nitrogens is 1. The number of carbonyl (C=O) groups is 1. The first-order valence-corrected chi connectivity index (χ1v) is 8.35. The lowest BCUT2D eigenvalue weighted by molar-refractivity contribution is 0.141. The van der Waals surface area contributed by atoms with Gasteiger partial charge in [0.15, 0.2) is 0 Å². The minimum atomic E-state index is -1.12. The average molecular weight is 393 g/mol. The predicted molar refractivity (Wildman–Crippen MR) is 100 cm³/mol. The Bertz CT molecular complexity index is 939. The van der Waals surface area contributed by atoms with Crippen molar-refractivity contribution in [3.8, 4) is 0 Å². The first-order chi connectivity index (χ1) is 12.5. The van der Waals surface area contributed by atoms with E-state index in [1.54, 1.807) is 30.6 Å². The van der Waals surface area contributed by atoms with Gasteiger partial charge in [0.2, 0.25) is 0 Å². The summed E-state index contributed by atoms with van der Waals surface area (Å²) in [7, 11) is 0. The van der Waals surface area contributed by atoms with Gasteiger partial charge in [0, 0.05) is 17.1 Å². The monoisotopic (exact) mass is 392 g/mol. The molecule has 26 heavy (non-hydrogen) atoms. The molecule has 0 bridgehead atoms. The molecule has 0 fully saturated rings. The number of aromatic nitrogens is 2. The Kier molecular flexibility index (Phi) is 5.60. The van der Waals surface area contributed by atoms with Gasteiger partial charge in [-0.25, -0.2) is 4.79 Å². The van der Waals surface area contributed by atoms with E-state index < -0.39 is 6.09 Å². The van der Waals surface area contributed by atoms with Crippen LogP contribution in [0.15, 0.2) is 47.9 Å². The van der Waals surface area contributed by atoms with Crippen LogP contribution < -0.4 is 5.32 Å². The number of fused-ring (bicyclic) bond motifs is 1. The third-order valence-electron chi connectivity index (χ3n) is 3.50. The highest BCUT2D eigenvalue weighted by Gasteiger charge is 2.13. The van der Waals surface area contributed by atoms with Crippen molar-refractivity contribution in [2.24, 2.45) is 5.16 Å². The summed E-state index contributed by atoms with van der Waals surface area (Å²) in [4.78, 5) is 23.0. The Morgan fingerprint density at radius 3 is 2.85 bits per heavy atom. The molecule has 0 aliphatic carbocycles. The maximum Gasteiger partial charge on any atom is 0.404 e. The molecule has 0 aliphatic heterocycles. The minimum absolute atomic E-state index is 0.0822. The summed E-state index contributed by atoms with van der Waals surface area (Å²) in [6, 6.07) is 8.92. The van der Waals surface area contributed by atoms with Crippen LogP contribution in [-0.4, -0.2) is 40.0 Å². The second kappa shape index (κ2) is 8.07. The molecule has 0 radical (unpaired) electrons. The standard InChI is InChI=1S/C17H14Cl2N4O3/c18-12-2-1-11(7-13(12)19)16(23-26-6-5-21-17(24)25)14-8-10-3-4-20-9-15(10)22-14/h1-4,7-9,21-22H,5-6H2,(H,24,25)/b23-16+. The zero-order valence-corrected chi connectivity index (χ0v) is 14.9. The Hall–Kier alpha value is -2.77. The Balaban J connectivity index is 1.92. The van der Waals surface area contributed by atoms with E-state index in [4.69, 9.17) is 33.1 Å². The van der Waals surface area contributed by atoms with Gasteiger partial charge in [0.1, 0.15) is 12.3 Å². The van der Waals surface area contributed by atoms with E-state index in [2.05, 4.69) is 20.4 Å². The fraction of sp³-hybridized carbons (Fsp3) is 0.118. The van der Waals surface area contributed by atoms with Gasteiger partial charge in [-0.2, -0.15) is 0 Å². The van der Waals surface area contributed by atoms with Crippen molar-refractivity contribution < 1.29 is 14.7 Å². The molecular weight excluding hydrogens is 379 g/mol. The number of nitrogens with zero attached hydrogens (tertiary/aromatic N) is 2. The fourth-order valence-electron chi connectivity index (χ4n) is 2.31. The number of amides is 1. The zero-order chi connectivity index (χ0) is 18.5. The number of hydrogen-bond acceptors (Lipinski definition) is 4. The highest BCUT2D eigenvalue weighted by Crippen LogP contribution is 2.25. The molecular formula is C17H14Cl2N4O3. The number of benzene rings is 1. The highest BCUT2D eigenvalue weighted by molar-refractivity contribution is 6.42. The lowest BCUT2D eigenvalue weighted by Crippen LogP contribution is -2.24. The number of carboxylic acid groups (broad SMARTS) is 1. The van der Waals surface area contributed by atoms with Crippen molar-refractivity contribution in [1.29, 1.82) is 0 Å². The van der Waals surface area contributed by atoms with Gasteiger partial charge < -0.3 is 20.2 Å². The summed E-state index contributed by atoms with van der Waals surface area (Å²) < 4.78 is 0. The Morgan fingerprint density at radius 1 is 1.27 bits per heavy atom. The van der Waals surface area contributed by atoms with E-state index >= 15 is 0 Å². The topological polar surface area (TPSA) is 99.6 Å². The van der Waals surface area contributed by atoms with Gasteiger partial charge in [0.05, 0.1) is 34.0 Å². The van der Waals surface area contributed by atoms with Crippen LogP contribution in [0.25, 0.3) is 10.9 Å². The molecule has 2 heterocycles. The summed E-state index contributed by atoms with van der Waals surface area (Å²) in [5.74, 6) is 0. The zero-order valence-electron chi connectivity index (χ0n) is 13.4. The van der Waals surface area contributed by atoms with Crippen LogP contribution in [0.5, 0.6) is 0 Å².